The predicted molar refractivity (Wildman–Crippen MR) is 97.2 cm³/mol. The van der Waals surface area contributed by atoms with Crippen molar-refractivity contribution >= 4 is 16.9 Å². The summed E-state index contributed by atoms with van der Waals surface area (Å²) in [6, 6.07) is 13.9. The number of nitrogens with one attached hydrogen (secondary N) is 2. The summed E-state index contributed by atoms with van der Waals surface area (Å²) >= 11 is 0. The number of aromatic amines is 1. The Bertz CT molecular complexity index is 995. The summed E-state index contributed by atoms with van der Waals surface area (Å²) in [5.41, 5.74) is 4.60. The fourth-order valence-electron chi connectivity index (χ4n) is 3.68. The van der Waals surface area contributed by atoms with Crippen molar-refractivity contribution in [2.45, 2.75) is 19.5 Å². The maximum absolute atomic E-state index is 12.6. The first-order valence-corrected chi connectivity index (χ1v) is 8.78. The normalized spacial score (nSPS) is 15.2. The summed E-state index contributed by atoms with van der Waals surface area (Å²) in [6.07, 6.45) is 0.849. The molecule has 5 rings (SSSR count). The van der Waals surface area contributed by atoms with Crippen LogP contribution in [-0.2, 0) is 19.5 Å². The number of H-pyrrole nitrogens is 1. The highest BCUT2D eigenvalue weighted by Gasteiger charge is 2.24. The first-order chi connectivity index (χ1) is 12.8. The molecule has 2 aliphatic rings. The Morgan fingerprint density at radius 3 is 3.00 bits per heavy atom. The Labute approximate surface area is 150 Å². The molecule has 0 aliphatic carbocycles. The molecule has 2 amide bonds. The maximum Gasteiger partial charge on any atom is 0.317 e. The molecule has 132 valence electrons. The number of hydrogen-bond acceptors (Lipinski definition) is 3. The lowest BCUT2D eigenvalue weighted by molar-refractivity contribution is 0.174. The Balaban J connectivity index is 1.28. The average molecular weight is 349 g/mol. The second kappa shape index (κ2) is 5.98. The van der Waals surface area contributed by atoms with Crippen LogP contribution in [0, 0.1) is 0 Å². The van der Waals surface area contributed by atoms with E-state index < -0.39 is 0 Å². The highest BCUT2D eigenvalue weighted by Crippen LogP contribution is 2.32. The van der Waals surface area contributed by atoms with Crippen LogP contribution in [0.2, 0.25) is 0 Å². The highest BCUT2D eigenvalue weighted by molar-refractivity contribution is 5.85. The van der Waals surface area contributed by atoms with Crippen molar-refractivity contribution < 1.29 is 14.3 Å². The molecule has 2 aromatic carbocycles. The van der Waals surface area contributed by atoms with Gasteiger partial charge in [-0.15, -0.1) is 0 Å². The van der Waals surface area contributed by atoms with Crippen LogP contribution < -0.4 is 14.8 Å². The monoisotopic (exact) mass is 349 g/mol. The number of nitrogens with zero attached hydrogens (tertiary/aromatic N) is 1. The van der Waals surface area contributed by atoms with Crippen LogP contribution >= 0.6 is 0 Å². The first-order valence-electron chi connectivity index (χ1n) is 8.78. The highest BCUT2D eigenvalue weighted by atomic mass is 16.7. The van der Waals surface area contributed by atoms with E-state index in [1.165, 1.54) is 16.6 Å². The molecule has 0 saturated heterocycles. The minimum absolute atomic E-state index is 0.0430. The third kappa shape index (κ3) is 2.54. The third-order valence-corrected chi connectivity index (χ3v) is 5.05. The molecule has 0 spiro atoms. The molecule has 6 heteroatoms. The number of aromatic nitrogens is 1. The number of rotatable bonds is 2. The molecule has 1 aromatic heterocycles. The van der Waals surface area contributed by atoms with Crippen LogP contribution in [0.1, 0.15) is 16.8 Å². The standard InChI is InChI=1S/C20H19N3O3/c24-20(21-10-13-5-6-18-19(9-13)26-12-25-18)23-8-7-17-15(11-23)14-3-1-2-4-16(14)22-17/h1-6,9,22H,7-8,10-12H2,(H,21,24). The minimum Gasteiger partial charge on any atom is -0.454 e. The molecule has 2 aliphatic heterocycles. The molecule has 3 aromatic rings. The van der Waals surface area contributed by atoms with Gasteiger partial charge < -0.3 is 24.7 Å². The van der Waals surface area contributed by atoms with E-state index >= 15 is 0 Å². The van der Waals surface area contributed by atoms with Crippen LogP contribution in [0.25, 0.3) is 10.9 Å². The van der Waals surface area contributed by atoms with E-state index in [2.05, 4.69) is 22.4 Å². The summed E-state index contributed by atoms with van der Waals surface area (Å²) in [5, 5.41) is 4.22. The fraction of sp³-hybridized carbons (Fsp3) is 0.250. The van der Waals surface area contributed by atoms with Gasteiger partial charge in [0.2, 0.25) is 6.79 Å². The van der Waals surface area contributed by atoms with Crippen LogP contribution in [0.5, 0.6) is 11.5 Å². The first kappa shape index (κ1) is 15.1. The number of para-hydroxylation sites is 1. The Kier molecular flexibility index (Phi) is 3.48. The number of carbonyl (C=O) groups is 1. The van der Waals surface area contributed by atoms with Crippen molar-refractivity contribution in [2.75, 3.05) is 13.3 Å². The third-order valence-electron chi connectivity index (χ3n) is 5.05. The van der Waals surface area contributed by atoms with E-state index in [9.17, 15) is 4.79 Å². The van der Waals surface area contributed by atoms with Gasteiger partial charge in [-0.05, 0) is 23.8 Å². The van der Waals surface area contributed by atoms with Gasteiger partial charge in [0, 0.05) is 48.2 Å². The minimum atomic E-state index is -0.0430. The molecule has 2 N–H and O–H groups in total. The molecule has 0 saturated carbocycles. The van der Waals surface area contributed by atoms with Gasteiger partial charge in [-0.1, -0.05) is 24.3 Å². The van der Waals surface area contributed by atoms with Crippen molar-refractivity contribution in [1.29, 1.82) is 0 Å². The summed E-state index contributed by atoms with van der Waals surface area (Å²) in [7, 11) is 0. The molecule has 0 fully saturated rings. The van der Waals surface area contributed by atoms with Crippen molar-refractivity contribution in [3.63, 3.8) is 0 Å². The van der Waals surface area contributed by atoms with E-state index in [1.54, 1.807) is 0 Å². The molecule has 0 unspecified atom stereocenters. The van der Waals surface area contributed by atoms with Crippen LogP contribution in [0.4, 0.5) is 4.79 Å². The van der Waals surface area contributed by atoms with Crippen LogP contribution in [-0.4, -0.2) is 29.3 Å². The van der Waals surface area contributed by atoms with Gasteiger partial charge in [0.1, 0.15) is 0 Å². The van der Waals surface area contributed by atoms with E-state index in [1.807, 2.05) is 35.2 Å². The molecule has 6 nitrogen and oxygen atoms in total. The Hall–Kier alpha value is -3.15. The average Bonchev–Trinajstić information content (AvgIpc) is 3.29. The molecule has 0 radical (unpaired) electrons. The van der Waals surface area contributed by atoms with Gasteiger partial charge >= 0.3 is 6.03 Å². The van der Waals surface area contributed by atoms with Crippen LogP contribution in [0.3, 0.4) is 0 Å². The van der Waals surface area contributed by atoms with Crippen molar-refractivity contribution in [3.8, 4) is 11.5 Å². The van der Waals surface area contributed by atoms with Gasteiger partial charge in [0.15, 0.2) is 11.5 Å². The summed E-state index contributed by atoms with van der Waals surface area (Å²) < 4.78 is 10.7. The van der Waals surface area contributed by atoms with Crippen LogP contribution in [0.15, 0.2) is 42.5 Å². The van der Waals surface area contributed by atoms with E-state index in [0.717, 1.165) is 29.0 Å². The molecule has 0 atom stereocenters. The van der Waals surface area contributed by atoms with E-state index in [0.29, 0.717) is 19.6 Å². The number of carbonyl (C=O) groups excluding carboxylic acids is 1. The van der Waals surface area contributed by atoms with Gasteiger partial charge in [0.05, 0.1) is 0 Å². The number of ether oxygens (including phenoxy) is 2. The zero-order chi connectivity index (χ0) is 17.5. The number of benzene rings is 2. The van der Waals surface area contributed by atoms with Gasteiger partial charge in [0.25, 0.3) is 0 Å². The predicted octanol–water partition coefficient (Wildman–Crippen LogP) is 3.16. The topological polar surface area (TPSA) is 66.6 Å². The smallest absolute Gasteiger partial charge is 0.317 e. The molecular weight excluding hydrogens is 330 g/mol. The fourth-order valence-corrected chi connectivity index (χ4v) is 3.68. The van der Waals surface area contributed by atoms with Gasteiger partial charge in [-0.25, -0.2) is 4.79 Å². The Morgan fingerprint density at radius 2 is 2.04 bits per heavy atom. The van der Waals surface area contributed by atoms with Crippen molar-refractivity contribution in [2.24, 2.45) is 0 Å². The number of fused-ring (bicyclic) bond motifs is 4. The maximum atomic E-state index is 12.6. The lowest BCUT2D eigenvalue weighted by Crippen LogP contribution is -2.42. The second-order valence-electron chi connectivity index (χ2n) is 6.65. The number of amides is 2. The zero-order valence-corrected chi connectivity index (χ0v) is 14.2. The SMILES string of the molecule is O=C(NCc1ccc2c(c1)OCO2)N1CCc2[nH]c3ccccc3c2C1. The molecular formula is C20H19N3O3. The second-order valence-corrected chi connectivity index (χ2v) is 6.65. The quantitative estimate of drug-likeness (QED) is 0.747. The van der Waals surface area contributed by atoms with Gasteiger partial charge in [-0.2, -0.15) is 0 Å². The van der Waals surface area contributed by atoms with E-state index in [4.69, 9.17) is 9.47 Å². The zero-order valence-electron chi connectivity index (χ0n) is 14.2. The molecule has 3 heterocycles. The molecule has 0 bridgehead atoms. The summed E-state index contributed by atoms with van der Waals surface area (Å²) in [6.45, 7) is 2.07. The Morgan fingerprint density at radius 1 is 1.15 bits per heavy atom. The number of hydrogen-bond donors (Lipinski definition) is 2. The van der Waals surface area contributed by atoms with E-state index in [-0.39, 0.29) is 12.8 Å². The number of urea groups is 1. The lowest BCUT2D eigenvalue weighted by Gasteiger charge is -2.27. The summed E-state index contributed by atoms with van der Waals surface area (Å²) in [5.74, 6) is 1.49. The van der Waals surface area contributed by atoms with Crippen molar-refractivity contribution in [1.82, 2.24) is 15.2 Å². The summed E-state index contributed by atoms with van der Waals surface area (Å²) in [4.78, 5) is 18.0. The largest absolute Gasteiger partial charge is 0.454 e. The lowest BCUT2D eigenvalue weighted by atomic mass is 10.0. The van der Waals surface area contributed by atoms with Gasteiger partial charge in [-0.3, -0.25) is 0 Å². The molecule has 26 heavy (non-hydrogen) atoms. The van der Waals surface area contributed by atoms with Crippen molar-refractivity contribution in [3.05, 3.63) is 59.3 Å².